The predicted molar refractivity (Wildman–Crippen MR) is 143 cm³/mol. The van der Waals surface area contributed by atoms with Crippen molar-refractivity contribution >= 4 is 35.5 Å². The fourth-order valence-electron chi connectivity index (χ4n) is 3.74. The number of hydrogen-bond donors (Lipinski definition) is 1. The van der Waals surface area contributed by atoms with Crippen LogP contribution < -0.4 is 19.5 Å². The Morgan fingerprint density at radius 2 is 1.61 bits per heavy atom. The molecule has 1 heterocycles. The minimum absolute atomic E-state index is 0.0445. The van der Waals surface area contributed by atoms with Gasteiger partial charge < -0.3 is 14.2 Å². The number of benzene rings is 3. The first kappa shape index (κ1) is 26.8. The number of carbonyl (C=O) groups is 3. The second kappa shape index (κ2) is 12.3. The van der Waals surface area contributed by atoms with E-state index in [1.807, 2.05) is 19.1 Å². The van der Waals surface area contributed by atoms with Gasteiger partial charge in [0.1, 0.15) is 17.9 Å². The second-order valence-electron chi connectivity index (χ2n) is 8.53. The highest BCUT2D eigenvalue weighted by atomic mass is 35.5. The third kappa shape index (κ3) is 6.52. The number of halogens is 1. The summed E-state index contributed by atoms with van der Waals surface area (Å²) in [7, 11) is 1.52. The highest BCUT2D eigenvalue weighted by Crippen LogP contribution is 2.29. The van der Waals surface area contributed by atoms with Crippen LogP contribution in [-0.4, -0.2) is 36.5 Å². The molecule has 3 aromatic carbocycles. The molecule has 0 unspecified atom stereocenters. The summed E-state index contributed by atoms with van der Waals surface area (Å²) in [5.41, 5.74) is 2.07. The maximum atomic E-state index is 13.2. The molecule has 0 aromatic heterocycles. The Balaban J connectivity index is 1.46. The minimum atomic E-state index is -0.784. The van der Waals surface area contributed by atoms with Crippen molar-refractivity contribution in [1.29, 1.82) is 0 Å². The van der Waals surface area contributed by atoms with Crippen molar-refractivity contribution in [3.63, 3.8) is 0 Å². The molecule has 1 N–H and O–H groups in total. The van der Waals surface area contributed by atoms with Gasteiger partial charge in [0.2, 0.25) is 0 Å². The quantitative estimate of drug-likeness (QED) is 0.277. The monoisotopic (exact) mass is 534 g/mol. The van der Waals surface area contributed by atoms with Crippen LogP contribution in [0.5, 0.6) is 17.2 Å². The van der Waals surface area contributed by atoms with Crippen LogP contribution >= 0.6 is 11.6 Å². The van der Waals surface area contributed by atoms with Crippen molar-refractivity contribution in [1.82, 2.24) is 10.2 Å². The van der Waals surface area contributed by atoms with E-state index in [2.05, 4.69) is 5.32 Å². The lowest BCUT2D eigenvalue weighted by Crippen LogP contribution is -2.53. The van der Waals surface area contributed by atoms with E-state index >= 15 is 0 Å². The molecule has 3 aromatic rings. The van der Waals surface area contributed by atoms with Crippen LogP contribution in [0.25, 0.3) is 6.08 Å². The summed E-state index contributed by atoms with van der Waals surface area (Å²) in [4.78, 5) is 39.1. The van der Waals surface area contributed by atoms with Gasteiger partial charge in [-0.1, -0.05) is 48.9 Å². The lowest BCUT2D eigenvalue weighted by molar-refractivity contribution is -0.130. The molecule has 8 nitrogen and oxygen atoms in total. The Hall–Kier alpha value is -4.30. The SMILES string of the molecule is CCCOc1ccc(CN2C(=O)NC(=O)/C(=C\c3ccc(OCc4ccc(Cl)cc4)cc3)C2=O)cc1OC. The van der Waals surface area contributed by atoms with Gasteiger partial charge in [0.25, 0.3) is 11.8 Å². The van der Waals surface area contributed by atoms with Crippen LogP contribution in [0.15, 0.2) is 72.3 Å². The van der Waals surface area contributed by atoms with Crippen LogP contribution in [0.2, 0.25) is 5.02 Å². The topological polar surface area (TPSA) is 94.2 Å². The smallest absolute Gasteiger partial charge is 0.331 e. The molecular formula is C29H27ClN2O6. The molecule has 4 amide bonds. The summed E-state index contributed by atoms with van der Waals surface area (Å²) in [5, 5.41) is 2.90. The highest BCUT2D eigenvalue weighted by Gasteiger charge is 2.35. The fraction of sp³-hybridized carbons (Fsp3) is 0.207. The lowest BCUT2D eigenvalue weighted by Gasteiger charge is -2.26. The Labute approximate surface area is 225 Å². The van der Waals surface area contributed by atoms with Crippen LogP contribution in [0.3, 0.4) is 0 Å². The van der Waals surface area contributed by atoms with Crippen molar-refractivity contribution in [3.05, 3.63) is 94.0 Å². The Bertz CT molecular complexity index is 1350. The van der Waals surface area contributed by atoms with E-state index in [4.69, 9.17) is 25.8 Å². The standard InChI is InChI=1S/C29H27ClN2O6/c1-3-14-37-25-13-8-21(16-26(25)36-2)17-32-28(34)24(27(33)31-29(32)35)15-19-6-11-23(12-7-19)38-18-20-4-9-22(30)10-5-20/h4-13,15-16H,3,14,17-18H2,1-2H3,(H,31,33,35)/b24-15+. The lowest BCUT2D eigenvalue weighted by atomic mass is 10.1. The van der Waals surface area contributed by atoms with Crippen LogP contribution in [0.1, 0.15) is 30.0 Å². The van der Waals surface area contributed by atoms with Gasteiger partial charge in [0, 0.05) is 5.02 Å². The molecule has 0 bridgehead atoms. The maximum absolute atomic E-state index is 13.2. The normalized spacial score (nSPS) is 14.4. The maximum Gasteiger partial charge on any atom is 0.331 e. The molecule has 38 heavy (non-hydrogen) atoms. The molecule has 0 spiro atoms. The van der Waals surface area contributed by atoms with E-state index in [0.717, 1.165) is 16.9 Å². The van der Waals surface area contributed by atoms with Crippen LogP contribution in [0.4, 0.5) is 4.79 Å². The molecule has 0 atom stereocenters. The van der Waals surface area contributed by atoms with E-state index in [1.54, 1.807) is 54.6 Å². The number of nitrogens with zero attached hydrogens (tertiary/aromatic N) is 1. The fourth-order valence-corrected chi connectivity index (χ4v) is 3.86. The number of methoxy groups -OCH3 is 1. The number of amides is 4. The van der Waals surface area contributed by atoms with E-state index in [1.165, 1.54) is 13.2 Å². The van der Waals surface area contributed by atoms with Crippen LogP contribution in [0, 0.1) is 0 Å². The molecule has 4 rings (SSSR count). The molecule has 1 saturated heterocycles. The Kier molecular flexibility index (Phi) is 8.66. The minimum Gasteiger partial charge on any atom is -0.493 e. The number of hydrogen-bond acceptors (Lipinski definition) is 6. The number of urea groups is 1. The van der Waals surface area contributed by atoms with Crippen molar-refractivity contribution in [3.8, 4) is 17.2 Å². The number of ether oxygens (including phenoxy) is 3. The van der Waals surface area contributed by atoms with Gasteiger partial charge in [-0.25, -0.2) is 4.79 Å². The second-order valence-corrected chi connectivity index (χ2v) is 8.96. The van der Waals surface area contributed by atoms with Gasteiger partial charge >= 0.3 is 6.03 Å². The first-order valence-corrected chi connectivity index (χ1v) is 12.4. The molecule has 196 valence electrons. The summed E-state index contributed by atoms with van der Waals surface area (Å²) in [6.07, 6.45) is 2.29. The van der Waals surface area contributed by atoms with E-state index < -0.39 is 17.8 Å². The van der Waals surface area contributed by atoms with Gasteiger partial charge in [0.15, 0.2) is 11.5 Å². The van der Waals surface area contributed by atoms with Gasteiger partial charge in [-0.05, 0) is 65.6 Å². The molecule has 1 aliphatic heterocycles. The Morgan fingerprint density at radius 1 is 0.895 bits per heavy atom. The van der Waals surface area contributed by atoms with Gasteiger partial charge in [-0.15, -0.1) is 0 Å². The average Bonchev–Trinajstić information content (AvgIpc) is 2.92. The molecule has 1 aliphatic rings. The zero-order valence-electron chi connectivity index (χ0n) is 21.0. The molecule has 0 saturated carbocycles. The summed E-state index contributed by atoms with van der Waals surface area (Å²) >= 11 is 5.91. The summed E-state index contributed by atoms with van der Waals surface area (Å²) in [5.74, 6) is 0.251. The van der Waals surface area contributed by atoms with E-state index in [9.17, 15) is 14.4 Å². The zero-order chi connectivity index (χ0) is 27.1. The summed E-state index contributed by atoms with van der Waals surface area (Å²) < 4.78 is 16.8. The number of nitrogens with one attached hydrogen (secondary N) is 1. The molecule has 0 radical (unpaired) electrons. The third-order valence-electron chi connectivity index (χ3n) is 5.73. The number of barbiturate groups is 1. The number of imide groups is 2. The number of rotatable bonds is 10. The van der Waals surface area contributed by atoms with E-state index in [-0.39, 0.29) is 12.1 Å². The zero-order valence-corrected chi connectivity index (χ0v) is 21.8. The molecular weight excluding hydrogens is 508 g/mol. The first-order valence-electron chi connectivity index (χ1n) is 12.0. The van der Waals surface area contributed by atoms with Crippen molar-refractivity contribution in [2.45, 2.75) is 26.5 Å². The van der Waals surface area contributed by atoms with E-state index in [0.29, 0.717) is 46.6 Å². The number of carbonyl (C=O) groups excluding carboxylic acids is 3. The first-order chi connectivity index (χ1) is 18.4. The predicted octanol–water partition coefficient (Wildman–Crippen LogP) is 5.38. The Morgan fingerprint density at radius 3 is 2.29 bits per heavy atom. The molecule has 1 fully saturated rings. The van der Waals surface area contributed by atoms with Gasteiger partial charge in [-0.2, -0.15) is 0 Å². The van der Waals surface area contributed by atoms with Crippen molar-refractivity contribution in [2.75, 3.05) is 13.7 Å². The van der Waals surface area contributed by atoms with Crippen molar-refractivity contribution < 1.29 is 28.6 Å². The largest absolute Gasteiger partial charge is 0.493 e. The molecule has 0 aliphatic carbocycles. The van der Waals surface area contributed by atoms with Gasteiger partial charge in [0.05, 0.1) is 20.3 Å². The van der Waals surface area contributed by atoms with Crippen molar-refractivity contribution in [2.24, 2.45) is 0 Å². The highest BCUT2D eigenvalue weighted by molar-refractivity contribution is 6.31. The third-order valence-corrected chi connectivity index (χ3v) is 5.98. The summed E-state index contributed by atoms with van der Waals surface area (Å²) in [6.45, 7) is 2.86. The average molecular weight is 535 g/mol. The van der Waals surface area contributed by atoms with Gasteiger partial charge in [-0.3, -0.25) is 19.8 Å². The molecule has 9 heteroatoms. The van der Waals surface area contributed by atoms with Crippen LogP contribution in [-0.2, 0) is 22.7 Å². The summed E-state index contributed by atoms with van der Waals surface area (Å²) in [6, 6.07) is 18.7.